The highest BCUT2D eigenvalue weighted by Crippen LogP contribution is 2.32. The van der Waals surface area contributed by atoms with Crippen molar-refractivity contribution in [3.05, 3.63) is 63.6 Å². The van der Waals surface area contributed by atoms with Gasteiger partial charge in [0, 0.05) is 26.0 Å². The predicted octanol–water partition coefficient (Wildman–Crippen LogP) is 5.94. The lowest BCUT2D eigenvalue weighted by atomic mass is 9.99. The summed E-state index contributed by atoms with van der Waals surface area (Å²) in [7, 11) is 1.66. The zero-order valence-corrected chi connectivity index (χ0v) is 20.1. The molecule has 0 spiro atoms. The molecule has 3 rings (SSSR count). The molecule has 4 nitrogen and oxygen atoms in total. The molecule has 1 fully saturated rings. The summed E-state index contributed by atoms with van der Waals surface area (Å²) < 4.78 is 24.5. The van der Waals surface area contributed by atoms with Crippen LogP contribution in [0.1, 0.15) is 18.1 Å². The van der Waals surface area contributed by atoms with Gasteiger partial charge in [0.1, 0.15) is 11.9 Å². The minimum absolute atomic E-state index is 0.0430. The Hall–Kier alpha value is -0.570. The van der Waals surface area contributed by atoms with Crippen molar-refractivity contribution in [2.45, 2.75) is 38.4 Å². The molecule has 4 atom stereocenters. The third-order valence-electron chi connectivity index (χ3n) is 5.16. The second-order valence-electron chi connectivity index (χ2n) is 7.07. The first-order valence-electron chi connectivity index (χ1n) is 9.50. The topological polar surface area (TPSA) is 36.9 Å². The largest absolute Gasteiger partial charge is 0.497 e. The molecular weight excluding hydrogens is 526 g/mol. The molecule has 0 amide bonds. The number of alkyl halides is 1. The van der Waals surface area contributed by atoms with Crippen LogP contribution < -0.4 is 4.74 Å². The Morgan fingerprint density at radius 1 is 1.00 bits per heavy atom. The number of ether oxygens (including phenoxy) is 4. The third-order valence-corrected chi connectivity index (χ3v) is 6.74. The summed E-state index contributed by atoms with van der Waals surface area (Å²) in [5.41, 5.74) is 1.89. The van der Waals surface area contributed by atoms with E-state index in [0.29, 0.717) is 29.9 Å². The van der Waals surface area contributed by atoms with Gasteiger partial charge in [0.15, 0.2) is 0 Å². The van der Waals surface area contributed by atoms with Crippen molar-refractivity contribution in [1.29, 1.82) is 0 Å². The zero-order valence-electron chi connectivity index (χ0n) is 16.4. The van der Waals surface area contributed by atoms with Gasteiger partial charge in [-0.1, -0.05) is 70.9 Å². The molecule has 0 aliphatic carbocycles. The Labute approximate surface area is 195 Å². The van der Waals surface area contributed by atoms with Crippen LogP contribution in [0.3, 0.4) is 0 Å². The number of benzene rings is 2. The van der Waals surface area contributed by atoms with Gasteiger partial charge in [-0.25, -0.2) is 0 Å². The van der Waals surface area contributed by atoms with Crippen LogP contribution in [0.2, 0.25) is 10.0 Å². The van der Waals surface area contributed by atoms with Crippen molar-refractivity contribution in [3.8, 4) is 5.75 Å². The molecule has 0 unspecified atom stereocenters. The average Bonchev–Trinajstić information content (AvgIpc) is 3.03. The second-order valence-corrected chi connectivity index (χ2v) is 8.76. The van der Waals surface area contributed by atoms with Gasteiger partial charge in [-0.05, 0) is 29.8 Å². The summed E-state index contributed by atoms with van der Waals surface area (Å²) in [5.74, 6) is 1.11. The van der Waals surface area contributed by atoms with Gasteiger partial charge in [0.2, 0.25) is 0 Å². The molecule has 29 heavy (non-hydrogen) atoms. The van der Waals surface area contributed by atoms with Crippen molar-refractivity contribution in [1.82, 2.24) is 0 Å². The number of rotatable bonds is 9. The molecule has 2 aromatic carbocycles. The summed E-state index contributed by atoms with van der Waals surface area (Å²) in [4.78, 5) is 0. The number of methoxy groups -OCH3 is 1. The Morgan fingerprint density at radius 2 is 1.69 bits per heavy atom. The quantitative estimate of drug-likeness (QED) is 0.286. The minimum Gasteiger partial charge on any atom is -0.497 e. The van der Waals surface area contributed by atoms with Crippen molar-refractivity contribution < 1.29 is 18.9 Å². The normalized spacial score (nSPS) is 24.0. The van der Waals surface area contributed by atoms with Crippen LogP contribution in [0, 0.1) is 5.92 Å². The SMILES string of the molecule is COc1ccc(CO[C@H]2[C@@H](C)[C@H](CI)O[C@@H]2COCc2c(Cl)cccc2Cl)cc1. The third kappa shape index (κ3) is 5.99. The van der Waals surface area contributed by atoms with E-state index < -0.39 is 0 Å². The Kier molecular flexibility index (Phi) is 8.89. The van der Waals surface area contributed by atoms with E-state index in [1.807, 2.05) is 42.5 Å². The summed E-state index contributed by atoms with van der Waals surface area (Å²) in [5, 5.41) is 1.21. The maximum Gasteiger partial charge on any atom is 0.118 e. The van der Waals surface area contributed by atoms with E-state index in [-0.39, 0.29) is 24.2 Å². The molecule has 0 saturated carbocycles. The molecule has 1 heterocycles. The highest BCUT2D eigenvalue weighted by atomic mass is 127. The average molecular weight is 551 g/mol. The number of hydrogen-bond acceptors (Lipinski definition) is 4. The van der Waals surface area contributed by atoms with Gasteiger partial charge in [-0.15, -0.1) is 0 Å². The van der Waals surface area contributed by atoms with Crippen molar-refractivity contribution in [3.63, 3.8) is 0 Å². The van der Waals surface area contributed by atoms with Crippen molar-refractivity contribution in [2.24, 2.45) is 5.92 Å². The van der Waals surface area contributed by atoms with Crippen LogP contribution in [-0.4, -0.2) is 36.5 Å². The van der Waals surface area contributed by atoms with E-state index in [1.165, 1.54) is 0 Å². The van der Waals surface area contributed by atoms with E-state index in [1.54, 1.807) is 7.11 Å². The van der Waals surface area contributed by atoms with Gasteiger partial charge in [0.05, 0.1) is 39.1 Å². The van der Waals surface area contributed by atoms with Crippen LogP contribution in [0.15, 0.2) is 42.5 Å². The Balaban J connectivity index is 1.59. The summed E-state index contributed by atoms with van der Waals surface area (Å²) in [6, 6.07) is 13.4. The summed E-state index contributed by atoms with van der Waals surface area (Å²) >= 11 is 14.8. The molecule has 1 saturated heterocycles. The molecule has 1 aliphatic heterocycles. The molecule has 7 heteroatoms. The van der Waals surface area contributed by atoms with Crippen LogP contribution in [0.4, 0.5) is 0 Å². The highest BCUT2D eigenvalue weighted by Gasteiger charge is 2.42. The van der Waals surface area contributed by atoms with Crippen LogP contribution in [0.5, 0.6) is 5.75 Å². The lowest BCUT2D eigenvalue weighted by Crippen LogP contribution is -2.32. The van der Waals surface area contributed by atoms with E-state index in [2.05, 4.69) is 29.5 Å². The molecule has 0 aromatic heterocycles. The fourth-order valence-electron chi connectivity index (χ4n) is 3.41. The van der Waals surface area contributed by atoms with E-state index >= 15 is 0 Å². The maximum atomic E-state index is 6.27. The van der Waals surface area contributed by atoms with Crippen LogP contribution in [-0.2, 0) is 27.4 Å². The van der Waals surface area contributed by atoms with Crippen LogP contribution >= 0.6 is 45.8 Å². The Morgan fingerprint density at radius 3 is 2.31 bits per heavy atom. The van der Waals surface area contributed by atoms with Gasteiger partial charge < -0.3 is 18.9 Å². The highest BCUT2D eigenvalue weighted by molar-refractivity contribution is 14.1. The molecule has 158 valence electrons. The molecule has 0 radical (unpaired) electrons. The van der Waals surface area contributed by atoms with Gasteiger partial charge in [-0.3, -0.25) is 0 Å². The Bertz CT molecular complexity index is 767. The summed E-state index contributed by atoms with van der Waals surface area (Å²) in [6.07, 6.45) is -0.0307. The lowest BCUT2D eigenvalue weighted by molar-refractivity contribution is -0.0700. The van der Waals surface area contributed by atoms with Crippen LogP contribution in [0.25, 0.3) is 0 Å². The van der Waals surface area contributed by atoms with E-state index in [0.717, 1.165) is 21.3 Å². The standard InChI is InChI=1S/C22H25Cl2IO4/c1-14-20(10-25)29-21(13-27-12-17-18(23)4-3-5-19(17)24)22(14)28-11-15-6-8-16(26-2)9-7-15/h3-9,14,20-22H,10-13H2,1-2H3/t14-,20-,21+,22-/m0/s1. The number of hydrogen-bond donors (Lipinski definition) is 0. The molecular formula is C22H25Cl2IO4. The minimum atomic E-state index is -0.135. The van der Waals surface area contributed by atoms with E-state index in [9.17, 15) is 0 Å². The summed E-state index contributed by atoms with van der Waals surface area (Å²) in [6.45, 7) is 3.45. The second kappa shape index (κ2) is 11.2. The fraction of sp³-hybridized carbons (Fsp3) is 0.455. The molecule has 1 aliphatic rings. The maximum absolute atomic E-state index is 6.27. The van der Waals surface area contributed by atoms with E-state index in [4.69, 9.17) is 42.1 Å². The van der Waals surface area contributed by atoms with Crippen molar-refractivity contribution in [2.75, 3.05) is 18.1 Å². The lowest BCUT2D eigenvalue weighted by Gasteiger charge is -2.22. The monoisotopic (exact) mass is 550 g/mol. The zero-order chi connectivity index (χ0) is 20.8. The first-order valence-corrected chi connectivity index (χ1v) is 11.8. The molecule has 0 N–H and O–H groups in total. The van der Waals surface area contributed by atoms with Gasteiger partial charge in [0.25, 0.3) is 0 Å². The number of halogens is 3. The van der Waals surface area contributed by atoms with Crippen molar-refractivity contribution >= 4 is 45.8 Å². The predicted molar refractivity (Wildman–Crippen MR) is 124 cm³/mol. The van der Waals surface area contributed by atoms with Gasteiger partial charge >= 0.3 is 0 Å². The first-order chi connectivity index (χ1) is 14.0. The first kappa shape index (κ1) is 23.1. The van der Waals surface area contributed by atoms with Gasteiger partial charge in [-0.2, -0.15) is 0 Å². The smallest absolute Gasteiger partial charge is 0.118 e. The molecule has 0 bridgehead atoms. The fourth-order valence-corrected chi connectivity index (χ4v) is 4.92. The molecule has 2 aromatic rings.